The van der Waals surface area contributed by atoms with Gasteiger partial charge < -0.3 is 10.1 Å². The zero-order valence-corrected chi connectivity index (χ0v) is 9.85. The number of para-hydroxylation sites is 1. The average Bonchev–Trinajstić information content (AvgIpc) is 2.63. The van der Waals surface area contributed by atoms with Gasteiger partial charge in [0, 0.05) is 20.1 Å². The van der Waals surface area contributed by atoms with Crippen LogP contribution in [0.4, 0.5) is 14.9 Å². The molecule has 1 N–H and O–H groups in total. The molecule has 0 aromatic heterocycles. The van der Waals surface area contributed by atoms with Crippen molar-refractivity contribution in [1.29, 1.82) is 0 Å². The molecule has 0 radical (unpaired) electrons. The highest BCUT2D eigenvalue weighted by atomic mass is 19.1. The van der Waals surface area contributed by atoms with E-state index in [9.17, 15) is 14.0 Å². The third kappa shape index (κ3) is 2.19. The summed E-state index contributed by atoms with van der Waals surface area (Å²) in [5.74, 6) is -1.06. The molecule has 96 valence electrons. The fraction of sp³-hybridized carbons (Fsp3) is 0.333. The van der Waals surface area contributed by atoms with E-state index in [1.807, 2.05) is 0 Å². The quantitative estimate of drug-likeness (QED) is 0.821. The summed E-state index contributed by atoms with van der Waals surface area (Å²) in [5, 5.41) is 2.51. The fourth-order valence-electron chi connectivity index (χ4n) is 1.82. The maximum Gasteiger partial charge on any atom is 0.329 e. The molecule has 2 rings (SSSR count). The summed E-state index contributed by atoms with van der Waals surface area (Å²) in [7, 11) is 1.51. The summed E-state index contributed by atoms with van der Waals surface area (Å²) in [6, 6.07) is 4.41. The molecule has 0 aliphatic carbocycles. The fourth-order valence-corrected chi connectivity index (χ4v) is 1.82. The Morgan fingerprint density at radius 2 is 2.11 bits per heavy atom. The van der Waals surface area contributed by atoms with Crippen LogP contribution in [0.25, 0.3) is 0 Å². The number of hydrogen-bond acceptors (Lipinski definition) is 3. The Balaban J connectivity index is 2.22. The number of carbonyl (C=O) groups excluding carboxylic acids is 2. The van der Waals surface area contributed by atoms with Crippen LogP contribution >= 0.6 is 0 Å². The van der Waals surface area contributed by atoms with E-state index in [2.05, 4.69) is 5.32 Å². The third-order valence-electron chi connectivity index (χ3n) is 2.72. The van der Waals surface area contributed by atoms with Gasteiger partial charge in [0.05, 0.1) is 5.69 Å². The lowest BCUT2D eigenvalue weighted by molar-refractivity contribution is -0.118. The number of amides is 3. The number of carbonyl (C=O) groups is 2. The van der Waals surface area contributed by atoms with Crippen LogP contribution in [0, 0.1) is 5.82 Å². The van der Waals surface area contributed by atoms with Crippen LogP contribution in [0.3, 0.4) is 0 Å². The van der Waals surface area contributed by atoms with E-state index in [1.54, 1.807) is 6.07 Å². The van der Waals surface area contributed by atoms with Crippen LogP contribution < -0.4 is 10.2 Å². The Kier molecular flexibility index (Phi) is 3.57. The van der Waals surface area contributed by atoms with Crippen LogP contribution in [0.1, 0.15) is 6.42 Å². The first-order valence-electron chi connectivity index (χ1n) is 5.53. The highest BCUT2D eigenvalue weighted by Gasteiger charge is 2.39. The van der Waals surface area contributed by atoms with Crippen molar-refractivity contribution in [3.05, 3.63) is 30.1 Å². The summed E-state index contributed by atoms with van der Waals surface area (Å²) >= 11 is 0. The van der Waals surface area contributed by atoms with Crippen LogP contribution in [0.15, 0.2) is 24.3 Å². The number of nitrogens with one attached hydrogen (secondary N) is 1. The first-order valence-corrected chi connectivity index (χ1v) is 5.53. The first kappa shape index (κ1) is 12.5. The lowest BCUT2D eigenvalue weighted by Gasteiger charge is -2.13. The zero-order valence-electron chi connectivity index (χ0n) is 9.85. The number of rotatable bonds is 4. The lowest BCUT2D eigenvalue weighted by Crippen LogP contribution is -2.32. The normalized spacial score (nSPS) is 19.2. The number of hydrogen-bond donors (Lipinski definition) is 1. The number of imide groups is 1. The largest absolute Gasteiger partial charge is 0.385 e. The maximum atomic E-state index is 13.6. The highest BCUT2D eigenvalue weighted by Crippen LogP contribution is 2.23. The minimum absolute atomic E-state index is 0.0279. The Morgan fingerprint density at radius 3 is 2.78 bits per heavy atom. The zero-order chi connectivity index (χ0) is 13.1. The number of ether oxygens (including phenoxy) is 1. The molecule has 0 bridgehead atoms. The van der Waals surface area contributed by atoms with E-state index in [4.69, 9.17) is 4.74 Å². The molecular weight excluding hydrogens is 239 g/mol. The summed E-state index contributed by atoms with van der Waals surface area (Å²) in [6.45, 7) is 0.349. The predicted molar refractivity (Wildman–Crippen MR) is 62.7 cm³/mol. The molecule has 3 amide bonds. The van der Waals surface area contributed by atoms with E-state index in [0.29, 0.717) is 13.0 Å². The van der Waals surface area contributed by atoms with Crippen molar-refractivity contribution in [1.82, 2.24) is 5.32 Å². The van der Waals surface area contributed by atoms with Gasteiger partial charge in [-0.3, -0.25) is 4.79 Å². The van der Waals surface area contributed by atoms with Crippen molar-refractivity contribution in [3.8, 4) is 0 Å². The van der Waals surface area contributed by atoms with Gasteiger partial charge in [-0.2, -0.15) is 0 Å². The van der Waals surface area contributed by atoms with E-state index in [1.165, 1.54) is 25.3 Å². The Labute approximate surface area is 104 Å². The molecule has 1 atom stereocenters. The summed E-state index contributed by atoms with van der Waals surface area (Å²) in [6.07, 6.45) is 0.367. The maximum absolute atomic E-state index is 13.6. The standard InChI is InChI=1S/C12H13FN2O3/c1-18-7-6-9-11(16)15(12(17)14-9)10-5-3-2-4-8(10)13/h2-5,9H,6-7H2,1H3,(H,14,17). The van der Waals surface area contributed by atoms with Gasteiger partial charge in [0.25, 0.3) is 5.91 Å². The molecule has 1 heterocycles. The molecule has 1 fully saturated rings. The minimum Gasteiger partial charge on any atom is -0.385 e. The van der Waals surface area contributed by atoms with E-state index in [-0.39, 0.29) is 5.69 Å². The number of halogens is 1. The average molecular weight is 252 g/mol. The van der Waals surface area contributed by atoms with Crippen molar-refractivity contribution in [2.75, 3.05) is 18.6 Å². The molecule has 0 saturated carbocycles. The van der Waals surface area contributed by atoms with E-state index < -0.39 is 23.8 Å². The van der Waals surface area contributed by atoms with Gasteiger partial charge in [-0.25, -0.2) is 14.1 Å². The predicted octanol–water partition coefficient (Wildman–Crippen LogP) is 1.29. The molecule has 1 aromatic carbocycles. The minimum atomic E-state index is -0.656. The van der Waals surface area contributed by atoms with Crippen LogP contribution in [-0.4, -0.2) is 31.7 Å². The van der Waals surface area contributed by atoms with Crippen LogP contribution in [-0.2, 0) is 9.53 Å². The summed E-state index contributed by atoms with van der Waals surface area (Å²) in [4.78, 5) is 24.5. The molecular formula is C12H13FN2O3. The van der Waals surface area contributed by atoms with Gasteiger partial charge in [0.1, 0.15) is 11.9 Å². The van der Waals surface area contributed by atoms with Crippen LogP contribution in [0.5, 0.6) is 0 Å². The number of methoxy groups -OCH3 is 1. The van der Waals surface area contributed by atoms with Crippen molar-refractivity contribution in [3.63, 3.8) is 0 Å². The SMILES string of the molecule is COCCC1NC(=O)N(c2ccccc2F)C1=O. The van der Waals surface area contributed by atoms with Crippen molar-refractivity contribution in [2.45, 2.75) is 12.5 Å². The molecule has 1 unspecified atom stereocenters. The van der Waals surface area contributed by atoms with Gasteiger partial charge in [-0.1, -0.05) is 12.1 Å². The Hall–Kier alpha value is -1.95. The number of anilines is 1. The molecule has 1 aliphatic heterocycles. The Morgan fingerprint density at radius 1 is 1.39 bits per heavy atom. The van der Waals surface area contributed by atoms with Crippen LogP contribution in [0.2, 0.25) is 0 Å². The van der Waals surface area contributed by atoms with E-state index >= 15 is 0 Å². The summed E-state index contributed by atoms with van der Waals surface area (Å²) < 4.78 is 18.4. The second-order valence-corrected chi connectivity index (χ2v) is 3.91. The number of benzene rings is 1. The van der Waals surface area contributed by atoms with Crippen molar-refractivity contribution in [2.24, 2.45) is 0 Å². The molecule has 5 nitrogen and oxygen atoms in total. The molecule has 1 aliphatic rings. The van der Waals surface area contributed by atoms with Gasteiger partial charge in [0.15, 0.2) is 0 Å². The molecule has 1 saturated heterocycles. The summed E-state index contributed by atoms with van der Waals surface area (Å²) in [5.41, 5.74) is -0.0279. The van der Waals surface area contributed by atoms with Crippen molar-refractivity contribution < 1.29 is 18.7 Å². The monoisotopic (exact) mass is 252 g/mol. The molecule has 18 heavy (non-hydrogen) atoms. The Bertz CT molecular complexity index is 478. The molecule has 6 heteroatoms. The second kappa shape index (κ2) is 5.14. The lowest BCUT2D eigenvalue weighted by atomic mass is 10.2. The third-order valence-corrected chi connectivity index (χ3v) is 2.72. The van der Waals surface area contributed by atoms with Gasteiger partial charge in [-0.05, 0) is 12.1 Å². The second-order valence-electron chi connectivity index (χ2n) is 3.91. The molecule has 1 aromatic rings. The van der Waals surface area contributed by atoms with Crippen molar-refractivity contribution >= 4 is 17.6 Å². The van der Waals surface area contributed by atoms with Gasteiger partial charge >= 0.3 is 6.03 Å². The molecule has 0 spiro atoms. The topological polar surface area (TPSA) is 58.6 Å². The van der Waals surface area contributed by atoms with E-state index in [0.717, 1.165) is 4.90 Å². The highest BCUT2D eigenvalue weighted by molar-refractivity contribution is 6.21. The van der Waals surface area contributed by atoms with Gasteiger partial charge in [0.2, 0.25) is 0 Å². The number of urea groups is 1. The smallest absolute Gasteiger partial charge is 0.329 e. The number of nitrogens with zero attached hydrogens (tertiary/aromatic N) is 1. The van der Waals surface area contributed by atoms with Gasteiger partial charge in [-0.15, -0.1) is 0 Å². The first-order chi connectivity index (χ1) is 8.65.